The molecule has 0 aliphatic rings. The molecule has 0 unspecified atom stereocenters. The largest absolute Gasteiger partial charge is 0.463 e. The molecule has 0 aliphatic carbocycles. The molecule has 0 radical (unpaired) electrons. The zero-order chi connectivity index (χ0) is 20.1. The fourth-order valence-electron chi connectivity index (χ4n) is 2.72. The van der Waals surface area contributed by atoms with Crippen LogP contribution in [0.15, 0.2) is 75.3 Å². The SMILES string of the molecule is CC(C)(C)c1ccc(Cn2cccc(C(=O)N/N=C\c3ccco3)c2=O)cc1. The predicted octanol–water partition coefficient (Wildman–Crippen LogP) is 3.55. The number of nitrogens with zero attached hydrogens (tertiary/aromatic N) is 2. The van der Waals surface area contributed by atoms with E-state index < -0.39 is 5.91 Å². The Morgan fingerprint density at radius 1 is 1.14 bits per heavy atom. The molecule has 0 saturated carbocycles. The predicted molar refractivity (Wildman–Crippen MR) is 109 cm³/mol. The molecule has 6 heteroatoms. The molecule has 3 rings (SSSR count). The van der Waals surface area contributed by atoms with E-state index in [4.69, 9.17) is 4.42 Å². The normalized spacial score (nSPS) is 11.7. The molecule has 1 amide bonds. The molecule has 0 bridgehead atoms. The third-order valence-electron chi connectivity index (χ3n) is 4.34. The zero-order valence-corrected chi connectivity index (χ0v) is 16.2. The summed E-state index contributed by atoms with van der Waals surface area (Å²) in [5, 5.41) is 3.81. The molecule has 0 atom stereocenters. The van der Waals surface area contributed by atoms with Gasteiger partial charge in [0.15, 0.2) is 0 Å². The lowest BCUT2D eigenvalue weighted by molar-refractivity contribution is 0.0953. The summed E-state index contributed by atoms with van der Waals surface area (Å²) in [6.07, 6.45) is 4.55. The van der Waals surface area contributed by atoms with Crippen molar-refractivity contribution in [2.75, 3.05) is 0 Å². The Kier molecular flexibility index (Phi) is 5.59. The van der Waals surface area contributed by atoms with Gasteiger partial charge in [-0.1, -0.05) is 45.0 Å². The van der Waals surface area contributed by atoms with Crippen LogP contribution in [0.4, 0.5) is 0 Å². The first-order valence-corrected chi connectivity index (χ1v) is 9.00. The van der Waals surface area contributed by atoms with Crippen molar-refractivity contribution in [2.24, 2.45) is 5.10 Å². The van der Waals surface area contributed by atoms with Gasteiger partial charge in [-0.3, -0.25) is 9.59 Å². The highest BCUT2D eigenvalue weighted by Crippen LogP contribution is 2.22. The number of carbonyl (C=O) groups is 1. The molecule has 0 spiro atoms. The molecule has 2 aromatic heterocycles. The van der Waals surface area contributed by atoms with E-state index in [1.165, 1.54) is 28.7 Å². The fourth-order valence-corrected chi connectivity index (χ4v) is 2.72. The summed E-state index contributed by atoms with van der Waals surface area (Å²) in [4.78, 5) is 24.9. The van der Waals surface area contributed by atoms with E-state index >= 15 is 0 Å². The first kappa shape index (κ1) is 19.4. The van der Waals surface area contributed by atoms with Crippen LogP contribution in [0, 0.1) is 0 Å². The highest BCUT2D eigenvalue weighted by Gasteiger charge is 2.14. The average Bonchev–Trinajstić information content (AvgIpc) is 3.16. The van der Waals surface area contributed by atoms with E-state index in [0.29, 0.717) is 12.3 Å². The number of hydrazone groups is 1. The molecule has 3 aromatic rings. The van der Waals surface area contributed by atoms with Gasteiger partial charge < -0.3 is 8.98 Å². The van der Waals surface area contributed by atoms with Gasteiger partial charge in [-0.25, -0.2) is 5.43 Å². The van der Waals surface area contributed by atoms with E-state index in [2.05, 4.69) is 43.4 Å². The van der Waals surface area contributed by atoms with Crippen molar-refractivity contribution in [3.63, 3.8) is 0 Å². The molecule has 6 nitrogen and oxygen atoms in total. The number of furan rings is 1. The Balaban J connectivity index is 1.73. The van der Waals surface area contributed by atoms with E-state index in [1.54, 1.807) is 24.4 Å². The second kappa shape index (κ2) is 8.08. The maximum atomic E-state index is 12.7. The quantitative estimate of drug-likeness (QED) is 0.546. The van der Waals surface area contributed by atoms with Crippen molar-refractivity contribution >= 4 is 12.1 Å². The van der Waals surface area contributed by atoms with Crippen LogP contribution >= 0.6 is 0 Å². The summed E-state index contributed by atoms with van der Waals surface area (Å²) < 4.78 is 6.60. The minimum atomic E-state index is -0.565. The Hall–Kier alpha value is -3.41. The van der Waals surface area contributed by atoms with Crippen LogP contribution in [0.3, 0.4) is 0 Å². The molecular formula is C22H23N3O3. The van der Waals surface area contributed by atoms with Crippen LogP contribution in [0.1, 0.15) is 48.0 Å². The van der Waals surface area contributed by atoms with Crippen LogP contribution in [-0.2, 0) is 12.0 Å². The first-order chi connectivity index (χ1) is 13.3. The van der Waals surface area contributed by atoms with Crippen LogP contribution in [-0.4, -0.2) is 16.7 Å². The summed E-state index contributed by atoms with van der Waals surface area (Å²) in [5.41, 5.74) is 4.31. The van der Waals surface area contributed by atoms with Gasteiger partial charge in [0.05, 0.1) is 19.0 Å². The highest BCUT2D eigenvalue weighted by atomic mass is 16.3. The van der Waals surface area contributed by atoms with E-state index in [1.807, 2.05) is 12.1 Å². The Morgan fingerprint density at radius 3 is 2.54 bits per heavy atom. The number of pyridine rings is 1. The number of aromatic nitrogens is 1. The van der Waals surface area contributed by atoms with Crippen LogP contribution < -0.4 is 11.0 Å². The zero-order valence-electron chi connectivity index (χ0n) is 16.2. The number of carbonyl (C=O) groups excluding carboxylic acids is 1. The highest BCUT2D eigenvalue weighted by molar-refractivity contribution is 5.94. The number of amides is 1. The maximum absolute atomic E-state index is 12.7. The molecule has 2 heterocycles. The lowest BCUT2D eigenvalue weighted by atomic mass is 9.87. The van der Waals surface area contributed by atoms with Crippen molar-refractivity contribution < 1.29 is 9.21 Å². The van der Waals surface area contributed by atoms with Gasteiger partial charge in [0, 0.05) is 6.20 Å². The second-order valence-corrected chi connectivity index (χ2v) is 7.52. The fraction of sp³-hybridized carbons (Fsp3) is 0.227. The molecule has 28 heavy (non-hydrogen) atoms. The van der Waals surface area contributed by atoms with E-state index in [-0.39, 0.29) is 16.5 Å². The average molecular weight is 377 g/mol. The van der Waals surface area contributed by atoms with E-state index in [0.717, 1.165) is 5.56 Å². The molecule has 1 N–H and O–H groups in total. The van der Waals surface area contributed by atoms with Gasteiger partial charge in [0.25, 0.3) is 11.5 Å². The van der Waals surface area contributed by atoms with Crippen molar-refractivity contribution in [2.45, 2.75) is 32.7 Å². The molecule has 0 saturated heterocycles. The third-order valence-corrected chi connectivity index (χ3v) is 4.34. The molecule has 144 valence electrons. The minimum Gasteiger partial charge on any atom is -0.463 e. The van der Waals surface area contributed by atoms with Crippen molar-refractivity contribution in [3.05, 3.63) is 93.8 Å². The number of hydrogen-bond donors (Lipinski definition) is 1. The molecule has 0 aliphatic heterocycles. The van der Waals surface area contributed by atoms with Crippen LogP contribution in [0.5, 0.6) is 0 Å². The maximum Gasteiger partial charge on any atom is 0.276 e. The monoisotopic (exact) mass is 377 g/mol. The number of nitrogens with one attached hydrogen (secondary N) is 1. The van der Waals surface area contributed by atoms with Crippen molar-refractivity contribution in [1.82, 2.24) is 9.99 Å². The van der Waals surface area contributed by atoms with Gasteiger partial charge in [-0.2, -0.15) is 5.10 Å². The Morgan fingerprint density at radius 2 is 1.89 bits per heavy atom. The third kappa shape index (κ3) is 4.65. The lowest BCUT2D eigenvalue weighted by Crippen LogP contribution is -2.30. The minimum absolute atomic E-state index is 0.0328. The summed E-state index contributed by atoms with van der Waals surface area (Å²) >= 11 is 0. The summed E-state index contributed by atoms with van der Waals surface area (Å²) in [7, 11) is 0. The summed E-state index contributed by atoms with van der Waals surface area (Å²) in [5.74, 6) is -0.0605. The molecule has 0 fully saturated rings. The second-order valence-electron chi connectivity index (χ2n) is 7.52. The number of benzene rings is 1. The molecular weight excluding hydrogens is 354 g/mol. The summed E-state index contributed by atoms with van der Waals surface area (Å²) in [6, 6.07) is 14.7. The van der Waals surface area contributed by atoms with Crippen LogP contribution in [0.25, 0.3) is 0 Å². The topological polar surface area (TPSA) is 76.6 Å². The van der Waals surface area contributed by atoms with Crippen molar-refractivity contribution in [3.8, 4) is 0 Å². The standard InChI is InChI=1S/C22H23N3O3/c1-22(2,3)17-10-8-16(9-11-17)15-25-12-4-7-19(21(25)27)20(26)24-23-14-18-6-5-13-28-18/h4-14H,15H2,1-3H3,(H,24,26)/b23-14-. The smallest absolute Gasteiger partial charge is 0.276 e. The van der Waals surface area contributed by atoms with Gasteiger partial charge in [-0.15, -0.1) is 0 Å². The summed E-state index contributed by atoms with van der Waals surface area (Å²) in [6.45, 7) is 6.86. The molecule has 1 aromatic carbocycles. The lowest BCUT2D eigenvalue weighted by Gasteiger charge is -2.19. The first-order valence-electron chi connectivity index (χ1n) is 9.00. The van der Waals surface area contributed by atoms with Crippen LogP contribution in [0.2, 0.25) is 0 Å². The van der Waals surface area contributed by atoms with E-state index in [9.17, 15) is 9.59 Å². The number of rotatable bonds is 5. The van der Waals surface area contributed by atoms with Gasteiger partial charge in [-0.05, 0) is 40.8 Å². The number of hydrogen-bond acceptors (Lipinski definition) is 4. The van der Waals surface area contributed by atoms with Gasteiger partial charge in [0.2, 0.25) is 0 Å². The van der Waals surface area contributed by atoms with Gasteiger partial charge in [0.1, 0.15) is 11.3 Å². The Bertz CT molecular complexity index is 1020. The van der Waals surface area contributed by atoms with Crippen molar-refractivity contribution in [1.29, 1.82) is 0 Å². The Labute approximate surface area is 163 Å². The van der Waals surface area contributed by atoms with Gasteiger partial charge >= 0.3 is 0 Å².